The van der Waals surface area contributed by atoms with Gasteiger partial charge in [-0.1, -0.05) is 53.8 Å². The van der Waals surface area contributed by atoms with Gasteiger partial charge in [0.25, 0.3) is 5.91 Å². The highest BCUT2D eigenvalue weighted by Gasteiger charge is 2.34. The van der Waals surface area contributed by atoms with Crippen LogP contribution in [0, 0.1) is 6.92 Å². The maximum Gasteiger partial charge on any atom is 0.253 e. The van der Waals surface area contributed by atoms with Crippen LogP contribution in [0.3, 0.4) is 0 Å². The third kappa shape index (κ3) is 4.64. The van der Waals surface area contributed by atoms with Gasteiger partial charge in [-0.05, 0) is 38.5 Å². The summed E-state index contributed by atoms with van der Waals surface area (Å²) in [5.41, 5.74) is 3.12. The predicted molar refractivity (Wildman–Crippen MR) is 119 cm³/mol. The van der Waals surface area contributed by atoms with Crippen LogP contribution in [-0.2, 0) is 4.79 Å². The lowest BCUT2D eigenvalue weighted by atomic mass is 10.0. The second-order valence-electron chi connectivity index (χ2n) is 6.61. The Kier molecular flexibility index (Phi) is 6.91. The number of carbonyl (C=O) groups is 1. The topological polar surface area (TPSA) is 49.1 Å². The molecule has 1 aliphatic heterocycles. The summed E-state index contributed by atoms with van der Waals surface area (Å²) in [6.45, 7) is 7.85. The fourth-order valence-electron chi connectivity index (χ4n) is 3.13. The summed E-state index contributed by atoms with van der Waals surface area (Å²) in [5.74, 6) is 0.940. The van der Waals surface area contributed by atoms with E-state index in [9.17, 15) is 4.79 Å². The summed E-state index contributed by atoms with van der Waals surface area (Å²) < 4.78 is 6.34. The number of benzene rings is 1. The smallest absolute Gasteiger partial charge is 0.253 e. The first-order valence-corrected chi connectivity index (χ1v) is 10.8. The van der Waals surface area contributed by atoms with Crippen LogP contribution in [0.15, 0.2) is 52.2 Å². The number of thiocarbonyl (C=S) groups is 1. The number of nitrogens with zero attached hydrogens (tertiary/aromatic N) is 3. The maximum atomic E-state index is 13.0. The fourth-order valence-corrected chi connectivity index (χ4v) is 4.38. The van der Waals surface area contributed by atoms with E-state index in [2.05, 4.69) is 42.9 Å². The number of aryl methyl sites for hydroxylation is 1. The molecule has 5 nitrogen and oxygen atoms in total. The molecule has 3 rings (SSSR count). The SMILES string of the molecule is CCN(CC)C(=S)SCC(=O)N1N=C(c2ccc(C)cc2)C[C@@H]1c1ccco1. The lowest BCUT2D eigenvalue weighted by molar-refractivity contribution is -0.130. The Hall–Kier alpha value is -2.12. The summed E-state index contributed by atoms with van der Waals surface area (Å²) >= 11 is 6.84. The quantitative estimate of drug-likeness (QED) is 0.644. The van der Waals surface area contributed by atoms with Gasteiger partial charge >= 0.3 is 0 Å². The van der Waals surface area contributed by atoms with Crippen LogP contribution in [0.2, 0.25) is 0 Å². The molecule has 7 heteroatoms. The van der Waals surface area contributed by atoms with Crippen LogP contribution in [0.25, 0.3) is 0 Å². The van der Waals surface area contributed by atoms with Crippen LogP contribution in [0.1, 0.15) is 43.2 Å². The highest BCUT2D eigenvalue weighted by molar-refractivity contribution is 8.23. The average molecular weight is 416 g/mol. The highest BCUT2D eigenvalue weighted by Crippen LogP contribution is 2.33. The van der Waals surface area contributed by atoms with Gasteiger partial charge in [0.05, 0.1) is 17.7 Å². The van der Waals surface area contributed by atoms with Crippen LogP contribution < -0.4 is 0 Å². The molecule has 1 aliphatic rings. The van der Waals surface area contributed by atoms with Crippen LogP contribution >= 0.6 is 24.0 Å². The molecule has 0 aliphatic carbocycles. The number of hydrogen-bond donors (Lipinski definition) is 0. The van der Waals surface area contributed by atoms with E-state index < -0.39 is 0 Å². The molecule has 1 atom stereocenters. The number of carbonyl (C=O) groups excluding carboxylic acids is 1. The molecule has 0 unspecified atom stereocenters. The van der Waals surface area contributed by atoms with Gasteiger partial charge in [-0.2, -0.15) is 5.10 Å². The Labute approximate surface area is 175 Å². The molecule has 2 aromatic rings. The van der Waals surface area contributed by atoms with E-state index in [1.807, 2.05) is 24.3 Å². The van der Waals surface area contributed by atoms with Gasteiger partial charge in [0.15, 0.2) is 0 Å². The van der Waals surface area contributed by atoms with E-state index in [0.717, 1.165) is 34.4 Å². The zero-order chi connectivity index (χ0) is 20.1. The first-order valence-electron chi connectivity index (χ1n) is 9.45. The lowest BCUT2D eigenvalue weighted by Crippen LogP contribution is -2.31. The van der Waals surface area contributed by atoms with Gasteiger partial charge in [0, 0.05) is 19.5 Å². The van der Waals surface area contributed by atoms with Crippen molar-refractivity contribution in [3.63, 3.8) is 0 Å². The zero-order valence-electron chi connectivity index (χ0n) is 16.4. The molecule has 0 bridgehead atoms. The van der Waals surface area contributed by atoms with Crippen LogP contribution in [-0.4, -0.2) is 44.7 Å². The molecule has 0 spiro atoms. The second-order valence-corrected chi connectivity index (χ2v) is 8.22. The molecular weight excluding hydrogens is 390 g/mol. The summed E-state index contributed by atoms with van der Waals surface area (Å²) in [4.78, 5) is 15.0. The lowest BCUT2D eigenvalue weighted by Gasteiger charge is -2.23. The molecule has 0 saturated carbocycles. The van der Waals surface area contributed by atoms with E-state index in [1.54, 1.807) is 11.3 Å². The van der Waals surface area contributed by atoms with Crippen LogP contribution in [0.4, 0.5) is 0 Å². The minimum atomic E-state index is -0.221. The van der Waals surface area contributed by atoms with Crippen molar-refractivity contribution in [3.05, 3.63) is 59.5 Å². The van der Waals surface area contributed by atoms with E-state index in [1.165, 1.54) is 17.3 Å². The number of hydrazone groups is 1. The second kappa shape index (κ2) is 9.39. The Bertz CT molecular complexity index is 843. The van der Waals surface area contributed by atoms with Gasteiger partial charge in [0.1, 0.15) is 16.1 Å². The van der Waals surface area contributed by atoms with E-state index in [4.69, 9.17) is 16.6 Å². The van der Waals surface area contributed by atoms with Crippen molar-refractivity contribution in [2.45, 2.75) is 33.2 Å². The van der Waals surface area contributed by atoms with Crippen molar-refractivity contribution in [3.8, 4) is 0 Å². The molecule has 28 heavy (non-hydrogen) atoms. The summed E-state index contributed by atoms with van der Waals surface area (Å²) in [6.07, 6.45) is 2.26. The maximum absolute atomic E-state index is 13.0. The normalized spacial score (nSPS) is 16.2. The molecule has 0 radical (unpaired) electrons. The molecule has 148 valence electrons. The summed E-state index contributed by atoms with van der Waals surface area (Å²) in [6, 6.07) is 11.7. The Morgan fingerprint density at radius 2 is 2.00 bits per heavy atom. The molecular formula is C21H25N3O2S2. The molecule has 0 N–H and O–H groups in total. The van der Waals surface area contributed by atoms with E-state index >= 15 is 0 Å². The molecule has 0 fully saturated rings. The van der Waals surface area contributed by atoms with Gasteiger partial charge in [-0.25, -0.2) is 5.01 Å². The monoisotopic (exact) mass is 415 g/mol. The average Bonchev–Trinajstić information content (AvgIpc) is 3.37. The van der Waals surface area contributed by atoms with Gasteiger partial charge in [-0.3, -0.25) is 4.79 Å². The minimum absolute atomic E-state index is 0.0667. The standard InChI is InChI=1S/C21H25N3O2S2/c1-4-23(5-2)21(27)28-14-20(25)24-18(19-7-6-12-26-19)13-17(22-24)16-10-8-15(3)9-11-16/h6-12,18H,4-5,13-14H2,1-3H3/t18-/m1/s1. The number of furan rings is 1. The van der Waals surface area contributed by atoms with Crippen molar-refractivity contribution in [2.24, 2.45) is 5.10 Å². The largest absolute Gasteiger partial charge is 0.467 e. The number of amides is 1. The first-order chi connectivity index (χ1) is 13.5. The Balaban J connectivity index is 1.77. The predicted octanol–water partition coefficient (Wildman–Crippen LogP) is 4.63. The van der Waals surface area contributed by atoms with Crippen LogP contribution in [0.5, 0.6) is 0 Å². The first kappa shape index (κ1) is 20.6. The molecule has 2 heterocycles. The Morgan fingerprint density at radius 1 is 1.29 bits per heavy atom. The van der Waals surface area contributed by atoms with Crippen molar-refractivity contribution >= 4 is 39.9 Å². The summed E-state index contributed by atoms with van der Waals surface area (Å²) in [7, 11) is 0. The third-order valence-electron chi connectivity index (χ3n) is 4.76. The fraction of sp³-hybridized carbons (Fsp3) is 0.381. The van der Waals surface area contributed by atoms with Gasteiger partial charge in [-0.15, -0.1) is 0 Å². The molecule has 1 aromatic carbocycles. The number of hydrogen-bond acceptors (Lipinski definition) is 5. The summed E-state index contributed by atoms with van der Waals surface area (Å²) in [5, 5.41) is 6.22. The van der Waals surface area contributed by atoms with E-state index in [-0.39, 0.29) is 17.7 Å². The molecule has 1 aromatic heterocycles. The van der Waals surface area contributed by atoms with Gasteiger partial charge < -0.3 is 9.32 Å². The van der Waals surface area contributed by atoms with Crippen molar-refractivity contribution in [1.29, 1.82) is 0 Å². The van der Waals surface area contributed by atoms with Crippen molar-refractivity contribution < 1.29 is 9.21 Å². The number of rotatable bonds is 6. The molecule has 0 saturated heterocycles. The minimum Gasteiger partial charge on any atom is -0.467 e. The zero-order valence-corrected chi connectivity index (χ0v) is 18.1. The van der Waals surface area contributed by atoms with Crippen molar-refractivity contribution in [1.82, 2.24) is 9.91 Å². The molecule has 1 amide bonds. The Morgan fingerprint density at radius 3 is 2.61 bits per heavy atom. The van der Waals surface area contributed by atoms with Gasteiger partial charge in [0.2, 0.25) is 0 Å². The highest BCUT2D eigenvalue weighted by atomic mass is 32.2. The van der Waals surface area contributed by atoms with Crippen molar-refractivity contribution in [2.75, 3.05) is 18.8 Å². The van der Waals surface area contributed by atoms with E-state index in [0.29, 0.717) is 6.42 Å². The third-order valence-corrected chi connectivity index (χ3v) is 6.27. The number of thioether (sulfide) groups is 1.